The lowest BCUT2D eigenvalue weighted by Gasteiger charge is -2.07. The van der Waals surface area contributed by atoms with Gasteiger partial charge in [0.15, 0.2) is 16.4 Å². The Hall–Kier alpha value is -2.09. The van der Waals surface area contributed by atoms with Crippen molar-refractivity contribution in [3.8, 4) is 5.88 Å². The Balaban J connectivity index is 1.63. The maximum atomic E-state index is 12.4. The zero-order chi connectivity index (χ0) is 26.0. The van der Waals surface area contributed by atoms with Crippen molar-refractivity contribution >= 4 is 28.8 Å². The molecule has 0 saturated carbocycles. The largest absolute Gasteiger partial charge is 0.476 e. The molecule has 0 atom stereocenters. The van der Waals surface area contributed by atoms with Crippen molar-refractivity contribution in [3.05, 3.63) is 17.8 Å². The van der Waals surface area contributed by atoms with Crippen molar-refractivity contribution in [3.63, 3.8) is 0 Å². The summed E-state index contributed by atoms with van der Waals surface area (Å²) in [5, 5.41) is 4.94. The van der Waals surface area contributed by atoms with Crippen molar-refractivity contribution < 1.29 is 14.3 Å². The highest BCUT2D eigenvalue weighted by atomic mass is 32.2. The lowest BCUT2D eigenvalue weighted by Crippen LogP contribution is -2.09. The molecule has 2 heterocycles. The fourth-order valence-corrected chi connectivity index (χ4v) is 4.51. The third kappa shape index (κ3) is 10.5. The lowest BCUT2D eigenvalue weighted by atomic mass is 10.1. The predicted octanol–water partition coefficient (Wildman–Crippen LogP) is 7.68. The summed E-state index contributed by atoms with van der Waals surface area (Å²) in [6.07, 6.45) is 24.5. The molecule has 36 heavy (non-hydrogen) atoms. The Morgan fingerprint density at radius 3 is 2.08 bits per heavy atom. The Morgan fingerprint density at radius 2 is 1.47 bits per heavy atom. The minimum Gasteiger partial charge on any atom is -0.476 e. The molecule has 0 amide bonds. The number of aryl methyl sites for hydroxylation is 1. The van der Waals surface area contributed by atoms with Crippen LogP contribution in [-0.2, 0) is 11.8 Å². The molecule has 202 valence electrons. The van der Waals surface area contributed by atoms with Gasteiger partial charge in [0, 0.05) is 7.05 Å². The zero-order valence-electron chi connectivity index (χ0n) is 22.9. The van der Waals surface area contributed by atoms with E-state index >= 15 is 0 Å². The minimum absolute atomic E-state index is 0.189. The van der Waals surface area contributed by atoms with Gasteiger partial charge < -0.3 is 9.47 Å². The quantitative estimate of drug-likeness (QED) is 0.0584. The molecule has 2 aromatic heterocycles. The molecule has 0 saturated heterocycles. The van der Waals surface area contributed by atoms with Crippen molar-refractivity contribution in [1.29, 1.82) is 0 Å². The Kier molecular flexibility index (Phi) is 15.2. The molecule has 0 fully saturated rings. The van der Waals surface area contributed by atoms with Gasteiger partial charge in [-0.25, -0.2) is 19.4 Å². The molecule has 2 aromatic rings. The van der Waals surface area contributed by atoms with Crippen LogP contribution < -0.4 is 4.74 Å². The van der Waals surface area contributed by atoms with Crippen LogP contribution in [0, 0.1) is 0 Å². The molecule has 0 aliphatic rings. The molecule has 0 aliphatic heterocycles. The summed E-state index contributed by atoms with van der Waals surface area (Å²) < 4.78 is 12.8. The number of thioether (sulfide) groups is 1. The fourth-order valence-electron chi connectivity index (χ4n) is 4.14. The first-order valence-corrected chi connectivity index (χ1v) is 15.1. The average molecular weight is 519 g/mol. The second kappa shape index (κ2) is 18.2. The summed E-state index contributed by atoms with van der Waals surface area (Å²) in [5.74, 6) is 0.0825. The molecule has 0 radical (unpaired) electrons. The van der Waals surface area contributed by atoms with Crippen molar-refractivity contribution in [2.45, 2.75) is 109 Å². The van der Waals surface area contributed by atoms with Gasteiger partial charge in [-0.05, 0) is 45.3 Å². The number of allylic oxidation sites excluding steroid dienone is 2. The Bertz CT molecular complexity index is 929. The molecule has 0 aliphatic carbocycles. The zero-order valence-corrected chi connectivity index (χ0v) is 23.7. The van der Waals surface area contributed by atoms with Gasteiger partial charge in [-0.2, -0.15) is 5.10 Å². The van der Waals surface area contributed by atoms with Crippen LogP contribution in [0.3, 0.4) is 0 Å². The first-order chi connectivity index (χ1) is 17.6. The highest BCUT2D eigenvalue weighted by molar-refractivity contribution is 7.98. The van der Waals surface area contributed by atoms with Crippen molar-refractivity contribution in [2.75, 3.05) is 19.5 Å². The van der Waals surface area contributed by atoms with Crippen LogP contribution in [0.5, 0.6) is 5.88 Å². The maximum Gasteiger partial charge on any atom is 0.359 e. The number of carbonyl (C=O) groups is 1. The summed E-state index contributed by atoms with van der Waals surface area (Å²) in [6.45, 7) is 4.92. The molecular formula is C28H46N4O3S. The van der Waals surface area contributed by atoms with Crippen LogP contribution in [0.25, 0.3) is 11.0 Å². The highest BCUT2D eigenvalue weighted by Gasteiger charge is 2.23. The number of unbranched alkanes of at least 4 members (excludes halogenated alkanes) is 12. The van der Waals surface area contributed by atoms with Gasteiger partial charge >= 0.3 is 5.97 Å². The van der Waals surface area contributed by atoms with E-state index in [9.17, 15) is 4.79 Å². The molecule has 0 N–H and O–H groups in total. The summed E-state index contributed by atoms with van der Waals surface area (Å²) in [7, 11) is 1.80. The van der Waals surface area contributed by atoms with E-state index < -0.39 is 5.97 Å². The summed E-state index contributed by atoms with van der Waals surface area (Å²) >= 11 is 1.38. The fraction of sp³-hybridized carbons (Fsp3) is 0.714. The van der Waals surface area contributed by atoms with Crippen LogP contribution in [0.4, 0.5) is 0 Å². The number of aromatic nitrogens is 4. The van der Waals surface area contributed by atoms with Gasteiger partial charge in [0.05, 0.1) is 13.2 Å². The second-order valence-electron chi connectivity index (χ2n) is 9.19. The molecule has 2 rings (SSSR count). The van der Waals surface area contributed by atoms with Crippen LogP contribution in [0.15, 0.2) is 17.3 Å². The van der Waals surface area contributed by atoms with Crippen molar-refractivity contribution in [1.82, 2.24) is 19.7 Å². The van der Waals surface area contributed by atoms with E-state index in [2.05, 4.69) is 34.1 Å². The molecular weight excluding hydrogens is 472 g/mol. The number of esters is 1. The predicted molar refractivity (Wildman–Crippen MR) is 149 cm³/mol. The Labute approximate surface area is 221 Å². The summed E-state index contributed by atoms with van der Waals surface area (Å²) in [5.41, 5.74) is 1.17. The number of nitrogens with zero attached hydrogens (tertiary/aromatic N) is 4. The molecule has 0 unspecified atom stereocenters. The van der Waals surface area contributed by atoms with E-state index in [0.717, 1.165) is 12.8 Å². The van der Waals surface area contributed by atoms with Crippen LogP contribution in [0.2, 0.25) is 0 Å². The monoisotopic (exact) mass is 518 g/mol. The number of fused-ring (bicyclic) bond motifs is 1. The van der Waals surface area contributed by atoms with Gasteiger partial charge in [0.25, 0.3) is 0 Å². The third-order valence-electron chi connectivity index (χ3n) is 6.16. The van der Waals surface area contributed by atoms with E-state index in [1.165, 1.54) is 88.8 Å². The first-order valence-electron chi connectivity index (χ1n) is 13.9. The average Bonchev–Trinajstić information content (AvgIpc) is 3.20. The Morgan fingerprint density at radius 1 is 0.861 bits per heavy atom. The number of hydrogen-bond acceptors (Lipinski definition) is 7. The molecule has 0 bridgehead atoms. The van der Waals surface area contributed by atoms with Crippen LogP contribution in [0.1, 0.15) is 114 Å². The minimum atomic E-state index is -0.488. The molecule has 0 spiro atoms. The van der Waals surface area contributed by atoms with Gasteiger partial charge in [-0.1, -0.05) is 88.6 Å². The number of rotatable bonds is 20. The van der Waals surface area contributed by atoms with Gasteiger partial charge in [-0.15, -0.1) is 0 Å². The summed E-state index contributed by atoms with van der Waals surface area (Å²) in [6, 6.07) is 0. The first kappa shape index (κ1) is 30.1. The highest BCUT2D eigenvalue weighted by Crippen LogP contribution is 2.27. The normalized spacial score (nSPS) is 11.6. The molecule has 8 heteroatoms. The van der Waals surface area contributed by atoms with Crippen LogP contribution in [-0.4, -0.2) is 45.2 Å². The topological polar surface area (TPSA) is 79.1 Å². The smallest absolute Gasteiger partial charge is 0.359 e. The van der Waals surface area contributed by atoms with Gasteiger partial charge in [0.1, 0.15) is 5.52 Å². The van der Waals surface area contributed by atoms with Crippen molar-refractivity contribution in [2.24, 2.45) is 7.05 Å². The maximum absolute atomic E-state index is 12.4. The molecule has 7 nitrogen and oxygen atoms in total. The van der Waals surface area contributed by atoms with E-state index in [4.69, 9.17) is 9.47 Å². The second-order valence-corrected chi connectivity index (χ2v) is 9.97. The van der Waals surface area contributed by atoms with E-state index in [1.54, 1.807) is 18.7 Å². The number of carbonyl (C=O) groups excluding carboxylic acids is 1. The number of hydrogen-bond donors (Lipinski definition) is 0. The van der Waals surface area contributed by atoms with Crippen LogP contribution >= 0.6 is 11.8 Å². The standard InChI is InChI=1S/C28H46N4O3S/c1-5-7-8-9-10-11-12-13-14-15-16-17-18-19-20-21-22-35-26-24-23(31-32(26)3)25(27(33)34-6-2)30-28(29-24)36-4/h13-14H,5-12,15-22H2,1-4H3/b14-13+. The molecule has 0 aromatic carbocycles. The summed E-state index contributed by atoms with van der Waals surface area (Å²) in [4.78, 5) is 21.2. The van der Waals surface area contributed by atoms with E-state index in [-0.39, 0.29) is 12.3 Å². The van der Waals surface area contributed by atoms with Gasteiger partial charge in [-0.3, -0.25) is 0 Å². The van der Waals surface area contributed by atoms with Gasteiger partial charge in [0.2, 0.25) is 5.88 Å². The lowest BCUT2D eigenvalue weighted by molar-refractivity contribution is 0.0520. The van der Waals surface area contributed by atoms with E-state index in [1.807, 2.05) is 6.26 Å². The SMILES string of the molecule is CCCCCCCC/C=C/CCCCCCCCOc1c2nc(SC)nc(C(=O)OCC)c2nn1C. The van der Waals surface area contributed by atoms with E-state index in [0.29, 0.717) is 28.7 Å². The number of ether oxygens (including phenoxy) is 2. The third-order valence-corrected chi connectivity index (χ3v) is 6.70.